The van der Waals surface area contributed by atoms with Gasteiger partial charge in [0.05, 0.1) is 6.20 Å². The smallest absolute Gasteiger partial charge is 0.214 e. The van der Waals surface area contributed by atoms with Crippen LogP contribution in [-0.4, -0.2) is 20.8 Å². The molecule has 0 aliphatic rings. The van der Waals surface area contributed by atoms with Crippen LogP contribution in [0.4, 0.5) is 5.69 Å². The maximum absolute atomic E-state index is 12.4. The Kier molecular flexibility index (Phi) is 3.76. The van der Waals surface area contributed by atoms with Crippen molar-refractivity contribution in [3.8, 4) is 0 Å². The minimum atomic E-state index is -0.160. The fourth-order valence-corrected chi connectivity index (χ4v) is 2.03. The molecule has 94 valence electrons. The summed E-state index contributed by atoms with van der Waals surface area (Å²) in [6.07, 6.45) is 2.36. The molecule has 0 atom stereocenters. The number of anilines is 1. The number of carbonyl (C=O) groups is 1. The molecule has 18 heavy (non-hydrogen) atoms. The van der Waals surface area contributed by atoms with Gasteiger partial charge in [0.1, 0.15) is 5.69 Å². The lowest BCUT2D eigenvalue weighted by atomic mass is 10.1. The van der Waals surface area contributed by atoms with Crippen molar-refractivity contribution in [1.82, 2.24) is 15.0 Å². The summed E-state index contributed by atoms with van der Waals surface area (Å²) in [5, 5.41) is 7.68. The van der Waals surface area contributed by atoms with Crippen molar-refractivity contribution in [2.75, 3.05) is 5.73 Å². The van der Waals surface area contributed by atoms with Crippen LogP contribution in [0.3, 0.4) is 0 Å². The van der Waals surface area contributed by atoms with Crippen LogP contribution in [-0.2, 0) is 6.54 Å². The monoisotopic (exact) mass is 308 g/mol. The first-order chi connectivity index (χ1) is 8.63. The summed E-state index contributed by atoms with van der Waals surface area (Å²) >= 11 is 3.33. The van der Waals surface area contributed by atoms with Crippen molar-refractivity contribution in [2.45, 2.75) is 19.9 Å². The van der Waals surface area contributed by atoms with E-state index in [0.717, 1.165) is 10.9 Å². The maximum Gasteiger partial charge on any atom is 0.214 e. The van der Waals surface area contributed by atoms with Gasteiger partial charge in [0.15, 0.2) is 0 Å². The Morgan fingerprint density at radius 1 is 1.50 bits per heavy atom. The van der Waals surface area contributed by atoms with E-state index in [2.05, 4.69) is 26.2 Å². The molecule has 5 nitrogen and oxygen atoms in total. The molecule has 2 rings (SSSR count). The number of hydrogen-bond donors (Lipinski definition) is 1. The van der Waals surface area contributed by atoms with E-state index in [1.54, 1.807) is 22.9 Å². The molecule has 0 saturated carbocycles. The van der Waals surface area contributed by atoms with Crippen molar-refractivity contribution >= 4 is 27.4 Å². The molecule has 0 spiro atoms. The number of hydrogen-bond acceptors (Lipinski definition) is 4. The SMILES string of the molecule is CCCn1nncc1C(=O)c1cc(Br)ccc1N. The largest absolute Gasteiger partial charge is 0.398 e. The van der Waals surface area contributed by atoms with Crippen molar-refractivity contribution in [2.24, 2.45) is 0 Å². The number of halogens is 1. The molecule has 0 aliphatic carbocycles. The molecule has 6 heteroatoms. The lowest BCUT2D eigenvalue weighted by Crippen LogP contribution is -2.13. The van der Waals surface area contributed by atoms with Gasteiger partial charge in [0.25, 0.3) is 0 Å². The molecule has 0 amide bonds. The van der Waals surface area contributed by atoms with Gasteiger partial charge in [-0.25, -0.2) is 4.68 Å². The zero-order chi connectivity index (χ0) is 13.1. The quantitative estimate of drug-likeness (QED) is 0.694. The average Bonchev–Trinajstić information content (AvgIpc) is 2.80. The lowest BCUT2D eigenvalue weighted by molar-refractivity contribution is 0.102. The van der Waals surface area contributed by atoms with Crippen molar-refractivity contribution in [3.63, 3.8) is 0 Å². The molecule has 0 fully saturated rings. The Hall–Kier alpha value is -1.69. The van der Waals surface area contributed by atoms with E-state index >= 15 is 0 Å². The molecule has 2 N–H and O–H groups in total. The normalized spacial score (nSPS) is 10.6. The van der Waals surface area contributed by atoms with E-state index in [1.165, 1.54) is 6.20 Å². The zero-order valence-corrected chi connectivity index (χ0v) is 11.5. The van der Waals surface area contributed by atoms with E-state index in [9.17, 15) is 4.79 Å². The number of carbonyl (C=O) groups excluding carboxylic acids is 1. The van der Waals surface area contributed by atoms with Crippen molar-refractivity contribution in [3.05, 3.63) is 40.1 Å². The Morgan fingerprint density at radius 3 is 3.00 bits per heavy atom. The zero-order valence-electron chi connectivity index (χ0n) is 9.93. The summed E-state index contributed by atoms with van der Waals surface area (Å²) < 4.78 is 2.41. The van der Waals surface area contributed by atoms with Gasteiger partial charge in [-0.05, 0) is 24.6 Å². The maximum atomic E-state index is 12.4. The Morgan fingerprint density at radius 2 is 2.28 bits per heavy atom. The molecular formula is C12H13BrN4O. The van der Waals surface area contributed by atoms with Crippen LogP contribution in [0.25, 0.3) is 0 Å². The van der Waals surface area contributed by atoms with Gasteiger partial charge in [-0.15, -0.1) is 5.10 Å². The highest BCUT2D eigenvalue weighted by atomic mass is 79.9. The van der Waals surface area contributed by atoms with Gasteiger partial charge in [0.2, 0.25) is 5.78 Å². The van der Waals surface area contributed by atoms with E-state index in [4.69, 9.17) is 5.73 Å². The highest BCUT2D eigenvalue weighted by molar-refractivity contribution is 9.10. The van der Waals surface area contributed by atoms with Crippen LogP contribution in [0.2, 0.25) is 0 Å². The summed E-state index contributed by atoms with van der Waals surface area (Å²) in [6.45, 7) is 2.68. The molecule has 0 bridgehead atoms. The number of benzene rings is 1. The Labute approximate surface area is 113 Å². The third kappa shape index (κ3) is 2.43. The second-order valence-corrected chi connectivity index (χ2v) is 4.82. The Bertz CT molecular complexity index is 579. The van der Waals surface area contributed by atoms with Gasteiger partial charge in [-0.1, -0.05) is 28.1 Å². The fourth-order valence-electron chi connectivity index (χ4n) is 1.67. The second-order valence-electron chi connectivity index (χ2n) is 3.90. The first-order valence-electron chi connectivity index (χ1n) is 5.61. The predicted octanol–water partition coefficient (Wildman–Crippen LogP) is 2.26. The number of aryl methyl sites for hydroxylation is 1. The number of nitrogens with zero attached hydrogens (tertiary/aromatic N) is 3. The average molecular weight is 309 g/mol. The third-order valence-corrected chi connectivity index (χ3v) is 3.04. The summed E-state index contributed by atoms with van der Waals surface area (Å²) in [6, 6.07) is 5.21. The van der Waals surface area contributed by atoms with Gasteiger partial charge in [-0.2, -0.15) is 0 Å². The molecule has 0 aliphatic heterocycles. The minimum absolute atomic E-state index is 0.160. The molecule has 2 aromatic rings. The molecule has 1 aromatic carbocycles. The molecular weight excluding hydrogens is 296 g/mol. The van der Waals surface area contributed by atoms with Crippen LogP contribution in [0.15, 0.2) is 28.9 Å². The van der Waals surface area contributed by atoms with E-state index < -0.39 is 0 Å². The first kappa shape index (κ1) is 12.8. The van der Waals surface area contributed by atoms with Crippen molar-refractivity contribution < 1.29 is 4.79 Å². The van der Waals surface area contributed by atoms with Crippen LogP contribution >= 0.6 is 15.9 Å². The van der Waals surface area contributed by atoms with E-state index in [1.807, 2.05) is 6.92 Å². The topological polar surface area (TPSA) is 73.8 Å². The predicted molar refractivity (Wildman–Crippen MR) is 72.3 cm³/mol. The molecule has 0 saturated heterocycles. The van der Waals surface area contributed by atoms with Gasteiger partial charge >= 0.3 is 0 Å². The Balaban J connectivity index is 2.41. The van der Waals surface area contributed by atoms with Crippen LogP contribution in [0.5, 0.6) is 0 Å². The standard InChI is InChI=1S/C12H13BrN4O/c1-2-5-17-11(7-15-16-17)12(18)9-6-8(13)3-4-10(9)14/h3-4,6-7H,2,5,14H2,1H3. The molecule has 1 aromatic heterocycles. The lowest BCUT2D eigenvalue weighted by Gasteiger charge is -2.06. The highest BCUT2D eigenvalue weighted by Gasteiger charge is 2.17. The van der Waals surface area contributed by atoms with E-state index in [0.29, 0.717) is 23.5 Å². The third-order valence-electron chi connectivity index (χ3n) is 2.55. The molecule has 1 heterocycles. The van der Waals surface area contributed by atoms with Gasteiger partial charge < -0.3 is 5.73 Å². The fraction of sp³-hybridized carbons (Fsp3) is 0.250. The number of nitrogens with two attached hydrogens (primary N) is 1. The van der Waals surface area contributed by atoms with E-state index in [-0.39, 0.29) is 5.78 Å². The summed E-state index contributed by atoms with van der Waals surface area (Å²) in [5.41, 5.74) is 7.20. The first-order valence-corrected chi connectivity index (χ1v) is 6.41. The molecule has 0 unspecified atom stereocenters. The number of aromatic nitrogens is 3. The summed E-state index contributed by atoms with van der Waals surface area (Å²) in [7, 11) is 0. The van der Waals surface area contributed by atoms with Gasteiger partial charge in [0, 0.05) is 22.3 Å². The van der Waals surface area contributed by atoms with Crippen LogP contribution < -0.4 is 5.73 Å². The second kappa shape index (κ2) is 5.30. The van der Waals surface area contributed by atoms with Gasteiger partial charge in [-0.3, -0.25) is 4.79 Å². The number of ketones is 1. The summed E-state index contributed by atoms with van der Waals surface area (Å²) in [4.78, 5) is 12.4. The number of rotatable bonds is 4. The number of nitrogen functional groups attached to an aromatic ring is 1. The van der Waals surface area contributed by atoms with Crippen molar-refractivity contribution in [1.29, 1.82) is 0 Å². The van der Waals surface area contributed by atoms with Crippen LogP contribution in [0.1, 0.15) is 29.4 Å². The minimum Gasteiger partial charge on any atom is -0.398 e. The van der Waals surface area contributed by atoms with Crippen LogP contribution in [0, 0.1) is 0 Å². The highest BCUT2D eigenvalue weighted by Crippen LogP contribution is 2.21. The summed E-state index contributed by atoms with van der Waals surface area (Å²) in [5.74, 6) is -0.160. The molecule has 0 radical (unpaired) electrons.